The minimum Gasteiger partial charge on any atom is -0.497 e. The van der Waals surface area contributed by atoms with Crippen LogP contribution in [0.4, 0.5) is 5.69 Å². The Bertz CT molecular complexity index is 963. The van der Waals surface area contributed by atoms with E-state index in [1.54, 1.807) is 31.4 Å². The molecule has 0 aliphatic carbocycles. The normalized spacial score (nSPS) is 15.8. The molecule has 0 bridgehead atoms. The molecule has 2 aromatic rings. The van der Waals surface area contributed by atoms with E-state index in [1.807, 2.05) is 24.3 Å². The molecule has 1 aliphatic rings. The molecule has 1 saturated heterocycles. The summed E-state index contributed by atoms with van der Waals surface area (Å²) in [4.78, 5) is 39.7. The minimum absolute atomic E-state index is 0.256. The molecule has 3 N–H and O–H groups in total. The highest BCUT2D eigenvalue weighted by atomic mass is 16.5. The zero-order valence-electron chi connectivity index (χ0n) is 18.5. The van der Waals surface area contributed by atoms with E-state index in [2.05, 4.69) is 27.8 Å². The molecule has 1 aliphatic heterocycles. The number of likely N-dealkylation sites (N-methyl/N-ethyl adjacent to an activating group) is 1. The first kappa shape index (κ1) is 23.3. The first-order valence-electron chi connectivity index (χ1n) is 10.8. The Morgan fingerprint density at radius 3 is 2.66 bits per heavy atom. The lowest BCUT2D eigenvalue weighted by molar-refractivity contribution is -0.136. The third-order valence-corrected chi connectivity index (χ3v) is 5.62. The standard InChI is InChI=1S/C24H30N4O4/c1-3-28-13-7-9-18(28)16-26-23(30)24(31)27-21-12-5-4-11-20(21)22(29)25-15-17-8-6-10-19(14-17)32-2/h4-6,8,10-12,14,18H,3,7,9,13,15-16H2,1-2H3,(H,25,29)(H,26,30)(H,27,31)/t18-/m1/s1. The number of hydrogen-bond acceptors (Lipinski definition) is 5. The number of likely N-dealkylation sites (tertiary alicyclic amines) is 1. The van der Waals surface area contributed by atoms with Crippen molar-refractivity contribution in [3.8, 4) is 5.75 Å². The lowest BCUT2D eigenvalue weighted by Crippen LogP contribution is -2.43. The van der Waals surface area contributed by atoms with Gasteiger partial charge in [-0.05, 0) is 55.8 Å². The second-order valence-electron chi connectivity index (χ2n) is 7.67. The van der Waals surface area contributed by atoms with Gasteiger partial charge in [0.05, 0.1) is 18.4 Å². The van der Waals surface area contributed by atoms with E-state index in [1.165, 1.54) is 0 Å². The summed E-state index contributed by atoms with van der Waals surface area (Å²) in [6, 6.07) is 14.2. The lowest BCUT2D eigenvalue weighted by atomic mass is 10.1. The number of methoxy groups -OCH3 is 1. The SMILES string of the molecule is CCN1CCC[C@@H]1CNC(=O)C(=O)Nc1ccccc1C(=O)NCc1cccc(OC)c1. The number of carbonyl (C=O) groups excluding carboxylic acids is 3. The summed E-state index contributed by atoms with van der Waals surface area (Å²) < 4.78 is 5.20. The highest BCUT2D eigenvalue weighted by Crippen LogP contribution is 2.17. The number of rotatable bonds is 8. The van der Waals surface area contributed by atoms with Crippen LogP contribution in [-0.2, 0) is 16.1 Å². The highest BCUT2D eigenvalue weighted by molar-refractivity contribution is 6.40. The Morgan fingerprint density at radius 1 is 1.06 bits per heavy atom. The zero-order chi connectivity index (χ0) is 22.9. The van der Waals surface area contributed by atoms with Crippen molar-refractivity contribution in [2.24, 2.45) is 0 Å². The molecule has 0 saturated carbocycles. The van der Waals surface area contributed by atoms with Crippen molar-refractivity contribution in [2.45, 2.75) is 32.4 Å². The Hall–Kier alpha value is -3.39. The van der Waals surface area contributed by atoms with E-state index in [0.717, 1.165) is 31.5 Å². The van der Waals surface area contributed by atoms with Gasteiger partial charge in [-0.2, -0.15) is 0 Å². The van der Waals surface area contributed by atoms with E-state index >= 15 is 0 Å². The molecule has 32 heavy (non-hydrogen) atoms. The van der Waals surface area contributed by atoms with Crippen LogP contribution in [0.3, 0.4) is 0 Å². The number of amides is 3. The van der Waals surface area contributed by atoms with Crippen LogP contribution >= 0.6 is 0 Å². The van der Waals surface area contributed by atoms with Crippen molar-refractivity contribution in [3.63, 3.8) is 0 Å². The summed E-state index contributed by atoms with van der Waals surface area (Å²) in [7, 11) is 1.58. The number of para-hydroxylation sites is 1. The summed E-state index contributed by atoms with van der Waals surface area (Å²) in [5, 5.41) is 8.10. The van der Waals surface area contributed by atoms with Gasteiger partial charge in [-0.25, -0.2) is 0 Å². The number of nitrogens with zero attached hydrogens (tertiary/aromatic N) is 1. The van der Waals surface area contributed by atoms with Gasteiger partial charge in [0.2, 0.25) is 0 Å². The van der Waals surface area contributed by atoms with Crippen LogP contribution in [0.1, 0.15) is 35.7 Å². The maximum Gasteiger partial charge on any atom is 0.313 e. The van der Waals surface area contributed by atoms with E-state index in [4.69, 9.17) is 4.74 Å². The third-order valence-electron chi connectivity index (χ3n) is 5.62. The van der Waals surface area contributed by atoms with Gasteiger partial charge in [0.1, 0.15) is 5.75 Å². The van der Waals surface area contributed by atoms with Gasteiger partial charge in [0.25, 0.3) is 5.91 Å². The van der Waals surface area contributed by atoms with Gasteiger partial charge < -0.3 is 20.7 Å². The molecule has 3 amide bonds. The van der Waals surface area contributed by atoms with E-state index < -0.39 is 11.8 Å². The lowest BCUT2D eigenvalue weighted by Gasteiger charge is -2.22. The largest absolute Gasteiger partial charge is 0.497 e. The monoisotopic (exact) mass is 438 g/mol. The summed E-state index contributed by atoms with van der Waals surface area (Å²) in [6.45, 7) is 4.76. The van der Waals surface area contributed by atoms with E-state index in [-0.39, 0.29) is 23.2 Å². The first-order valence-corrected chi connectivity index (χ1v) is 10.8. The average molecular weight is 439 g/mol. The molecule has 0 spiro atoms. The average Bonchev–Trinajstić information content (AvgIpc) is 3.29. The fourth-order valence-electron chi connectivity index (χ4n) is 3.86. The highest BCUT2D eigenvalue weighted by Gasteiger charge is 2.25. The number of nitrogens with one attached hydrogen (secondary N) is 3. The molecular weight excluding hydrogens is 408 g/mol. The first-order chi connectivity index (χ1) is 15.5. The molecule has 1 atom stereocenters. The molecule has 8 nitrogen and oxygen atoms in total. The predicted molar refractivity (Wildman–Crippen MR) is 123 cm³/mol. The van der Waals surface area contributed by atoms with Crippen molar-refractivity contribution in [2.75, 3.05) is 32.1 Å². The van der Waals surface area contributed by atoms with E-state index in [0.29, 0.717) is 18.8 Å². The number of carbonyl (C=O) groups is 3. The molecule has 0 radical (unpaired) electrons. The van der Waals surface area contributed by atoms with Crippen molar-refractivity contribution in [1.29, 1.82) is 0 Å². The molecule has 1 fully saturated rings. The smallest absolute Gasteiger partial charge is 0.313 e. The van der Waals surface area contributed by atoms with Crippen LogP contribution in [-0.4, -0.2) is 55.4 Å². The molecule has 0 aromatic heterocycles. The number of benzene rings is 2. The van der Waals surface area contributed by atoms with Crippen LogP contribution < -0.4 is 20.7 Å². The maximum atomic E-state index is 12.7. The summed E-state index contributed by atoms with van der Waals surface area (Å²) in [5.74, 6) is -1.15. The van der Waals surface area contributed by atoms with Crippen molar-refractivity contribution in [3.05, 3.63) is 59.7 Å². The second kappa shape index (κ2) is 11.3. The van der Waals surface area contributed by atoms with Crippen molar-refractivity contribution in [1.82, 2.24) is 15.5 Å². The summed E-state index contributed by atoms with van der Waals surface area (Å²) >= 11 is 0. The molecule has 0 unspecified atom stereocenters. The minimum atomic E-state index is -0.793. The predicted octanol–water partition coefficient (Wildman–Crippen LogP) is 2.16. The quantitative estimate of drug-likeness (QED) is 0.549. The summed E-state index contributed by atoms with van der Waals surface area (Å²) in [6.07, 6.45) is 2.10. The number of hydrogen-bond donors (Lipinski definition) is 3. The second-order valence-corrected chi connectivity index (χ2v) is 7.67. The number of ether oxygens (including phenoxy) is 1. The Balaban J connectivity index is 1.57. The van der Waals surface area contributed by atoms with Crippen molar-refractivity contribution >= 4 is 23.4 Å². The van der Waals surface area contributed by atoms with Gasteiger partial charge in [-0.3, -0.25) is 19.3 Å². The topological polar surface area (TPSA) is 99.8 Å². The summed E-state index contributed by atoms with van der Waals surface area (Å²) in [5.41, 5.74) is 1.45. The van der Waals surface area contributed by atoms with Gasteiger partial charge in [-0.1, -0.05) is 31.2 Å². The molecular formula is C24H30N4O4. The van der Waals surface area contributed by atoms with Gasteiger partial charge in [0.15, 0.2) is 0 Å². The fraction of sp³-hybridized carbons (Fsp3) is 0.375. The van der Waals surface area contributed by atoms with Crippen LogP contribution in [0.5, 0.6) is 5.75 Å². The van der Waals surface area contributed by atoms with Crippen LogP contribution in [0.25, 0.3) is 0 Å². The zero-order valence-corrected chi connectivity index (χ0v) is 18.5. The molecule has 170 valence electrons. The van der Waals surface area contributed by atoms with Gasteiger partial charge in [-0.15, -0.1) is 0 Å². The van der Waals surface area contributed by atoms with Gasteiger partial charge in [0, 0.05) is 19.1 Å². The van der Waals surface area contributed by atoms with E-state index in [9.17, 15) is 14.4 Å². The van der Waals surface area contributed by atoms with Crippen molar-refractivity contribution < 1.29 is 19.1 Å². The molecule has 8 heteroatoms. The Labute approximate surface area is 188 Å². The van der Waals surface area contributed by atoms with Crippen LogP contribution in [0.2, 0.25) is 0 Å². The molecule has 3 rings (SSSR count). The van der Waals surface area contributed by atoms with Gasteiger partial charge >= 0.3 is 11.8 Å². The van der Waals surface area contributed by atoms with Crippen LogP contribution in [0.15, 0.2) is 48.5 Å². The number of anilines is 1. The Morgan fingerprint density at radius 2 is 1.88 bits per heavy atom. The van der Waals surface area contributed by atoms with Crippen LogP contribution in [0, 0.1) is 0 Å². The Kier molecular flexibility index (Phi) is 8.21. The maximum absolute atomic E-state index is 12.7. The molecule has 1 heterocycles. The fourth-order valence-corrected chi connectivity index (χ4v) is 3.86. The molecule has 2 aromatic carbocycles. The third kappa shape index (κ3) is 6.07.